The number of ether oxygens (including phenoxy) is 1. The van der Waals surface area contributed by atoms with Gasteiger partial charge in [0.2, 0.25) is 12.2 Å². The van der Waals surface area contributed by atoms with Gasteiger partial charge in [0.1, 0.15) is 11.6 Å². The van der Waals surface area contributed by atoms with Crippen molar-refractivity contribution >= 4 is 39.2 Å². The predicted molar refractivity (Wildman–Crippen MR) is 133 cm³/mol. The first-order valence-corrected chi connectivity index (χ1v) is 11.5. The van der Waals surface area contributed by atoms with Crippen LogP contribution < -0.4 is 9.64 Å². The molecule has 3 aromatic heterocycles. The van der Waals surface area contributed by atoms with Crippen molar-refractivity contribution in [2.45, 2.75) is 0 Å². The van der Waals surface area contributed by atoms with E-state index in [1.165, 1.54) is 19.7 Å². The van der Waals surface area contributed by atoms with Crippen LogP contribution in [0, 0.1) is 0 Å². The fourth-order valence-corrected chi connectivity index (χ4v) is 4.78. The summed E-state index contributed by atoms with van der Waals surface area (Å²) in [7, 11) is 1.52. The molecule has 0 saturated carbocycles. The lowest BCUT2D eigenvalue weighted by Gasteiger charge is -2.35. The number of aromatic amines is 1. The van der Waals surface area contributed by atoms with Crippen molar-refractivity contribution in [3.63, 3.8) is 0 Å². The van der Waals surface area contributed by atoms with Crippen molar-refractivity contribution in [1.29, 1.82) is 0 Å². The Morgan fingerprint density at radius 2 is 1.86 bits per heavy atom. The minimum Gasteiger partial charge on any atom is -0.496 e. The molecule has 1 amide bonds. The number of benzene rings is 2. The van der Waals surface area contributed by atoms with Crippen molar-refractivity contribution in [3.05, 3.63) is 66.8 Å². The molecule has 0 atom stereocenters. The number of nitrogens with zero attached hydrogens (tertiary/aromatic N) is 5. The number of hydrogen-bond acceptors (Lipinski definition) is 8. The van der Waals surface area contributed by atoms with Crippen LogP contribution in [0.3, 0.4) is 0 Å². The Kier molecular flexibility index (Phi) is 5.33. The number of carbonyl (C=O) groups is 2. The van der Waals surface area contributed by atoms with Gasteiger partial charge in [-0.1, -0.05) is 29.4 Å². The molecule has 1 aliphatic rings. The molecular formula is C26H22N6O4. The van der Waals surface area contributed by atoms with Gasteiger partial charge in [0.05, 0.1) is 23.6 Å². The van der Waals surface area contributed by atoms with Crippen LogP contribution in [0.25, 0.3) is 33.1 Å². The fraction of sp³-hybridized carbons (Fsp3) is 0.192. The number of ketones is 1. The first-order valence-electron chi connectivity index (χ1n) is 11.5. The van der Waals surface area contributed by atoms with Gasteiger partial charge in [0.15, 0.2) is 0 Å². The van der Waals surface area contributed by atoms with E-state index in [-0.39, 0.29) is 5.56 Å². The molecule has 0 aliphatic carbocycles. The number of rotatable bonds is 5. The molecule has 1 saturated heterocycles. The van der Waals surface area contributed by atoms with E-state index in [4.69, 9.17) is 9.26 Å². The van der Waals surface area contributed by atoms with E-state index in [1.54, 1.807) is 23.2 Å². The third-order valence-corrected chi connectivity index (χ3v) is 6.58. The molecule has 5 aromatic rings. The zero-order valence-electron chi connectivity index (χ0n) is 19.5. The Labute approximate surface area is 205 Å². The highest BCUT2D eigenvalue weighted by molar-refractivity contribution is 6.45. The number of piperazine rings is 1. The number of carbonyl (C=O) groups excluding carboxylic acids is 2. The summed E-state index contributed by atoms with van der Waals surface area (Å²) in [6, 6.07) is 13.6. The van der Waals surface area contributed by atoms with Crippen molar-refractivity contribution in [3.8, 4) is 17.1 Å². The first kappa shape index (κ1) is 21.8. The molecule has 0 bridgehead atoms. The van der Waals surface area contributed by atoms with Crippen LogP contribution in [0.4, 0.5) is 5.82 Å². The molecule has 1 fully saturated rings. The van der Waals surface area contributed by atoms with Crippen molar-refractivity contribution in [2.75, 3.05) is 38.2 Å². The average molecular weight is 483 g/mol. The molecule has 0 unspecified atom stereocenters. The lowest BCUT2D eigenvalue weighted by Crippen LogP contribution is -2.50. The van der Waals surface area contributed by atoms with E-state index in [2.05, 4.69) is 31.1 Å². The molecule has 1 N–H and O–H groups in total. The Hall–Kier alpha value is -4.73. The number of aromatic nitrogens is 4. The summed E-state index contributed by atoms with van der Waals surface area (Å²) < 4.78 is 10.4. The maximum absolute atomic E-state index is 13.4. The summed E-state index contributed by atoms with van der Waals surface area (Å²) in [5.41, 5.74) is 1.48. The maximum Gasteiger partial charge on any atom is 0.295 e. The molecule has 2 aromatic carbocycles. The molecule has 0 spiro atoms. The van der Waals surface area contributed by atoms with Crippen LogP contribution in [0.1, 0.15) is 10.4 Å². The summed E-state index contributed by atoms with van der Waals surface area (Å²) >= 11 is 0. The average Bonchev–Trinajstić information content (AvgIpc) is 3.63. The third kappa shape index (κ3) is 3.54. The van der Waals surface area contributed by atoms with Crippen LogP contribution in [0.5, 0.6) is 5.75 Å². The number of H-pyrrole nitrogens is 1. The van der Waals surface area contributed by atoms with Gasteiger partial charge in [-0.2, -0.15) is 4.98 Å². The largest absolute Gasteiger partial charge is 0.496 e. The maximum atomic E-state index is 13.4. The van der Waals surface area contributed by atoms with Crippen molar-refractivity contribution < 1.29 is 18.8 Å². The minimum absolute atomic E-state index is 0.246. The van der Waals surface area contributed by atoms with Crippen molar-refractivity contribution in [1.82, 2.24) is 25.0 Å². The zero-order chi connectivity index (χ0) is 24.6. The summed E-state index contributed by atoms with van der Waals surface area (Å²) in [5, 5.41) is 6.58. The Bertz CT molecular complexity index is 1580. The fourth-order valence-electron chi connectivity index (χ4n) is 4.78. The Morgan fingerprint density at radius 3 is 2.64 bits per heavy atom. The Morgan fingerprint density at radius 1 is 1.03 bits per heavy atom. The summed E-state index contributed by atoms with van der Waals surface area (Å²) in [6.07, 6.45) is 4.57. The highest BCUT2D eigenvalue weighted by atomic mass is 16.5. The highest BCUT2D eigenvalue weighted by Crippen LogP contribution is 2.35. The lowest BCUT2D eigenvalue weighted by molar-refractivity contribution is -0.126. The normalized spacial score (nSPS) is 13.9. The van der Waals surface area contributed by atoms with Gasteiger partial charge in [-0.15, -0.1) is 0 Å². The van der Waals surface area contributed by atoms with Crippen LogP contribution >= 0.6 is 0 Å². The number of Topliss-reactive ketones (excluding diaryl/α,β-unsaturated/α-hetero) is 1. The van der Waals surface area contributed by atoms with Gasteiger partial charge in [-0.3, -0.25) is 9.59 Å². The second-order valence-corrected chi connectivity index (χ2v) is 8.49. The highest BCUT2D eigenvalue weighted by Gasteiger charge is 2.30. The summed E-state index contributed by atoms with van der Waals surface area (Å²) in [5.74, 6) is 0.589. The molecule has 10 heteroatoms. The van der Waals surface area contributed by atoms with Crippen LogP contribution in [0.15, 0.2) is 65.8 Å². The molecule has 36 heavy (non-hydrogen) atoms. The first-order chi connectivity index (χ1) is 17.7. The van der Waals surface area contributed by atoms with Crippen molar-refractivity contribution in [2.24, 2.45) is 0 Å². The van der Waals surface area contributed by atoms with E-state index in [1.807, 2.05) is 24.3 Å². The molecule has 10 nitrogen and oxygen atoms in total. The van der Waals surface area contributed by atoms with E-state index < -0.39 is 11.7 Å². The molecule has 6 rings (SSSR count). The molecular weight excluding hydrogens is 460 g/mol. The van der Waals surface area contributed by atoms with E-state index in [0.717, 1.165) is 16.6 Å². The second kappa shape index (κ2) is 8.81. The third-order valence-electron chi connectivity index (χ3n) is 6.58. The second-order valence-electron chi connectivity index (χ2n) is 8.49. The van der Waals surface area contributed by atoms with Crippen LogP contribution in [-0.2, 0) is 4.79 Å². The van der Waals surface area contributed by atoms with Gasteiger partial charge >= 0.3 is 0 Å². The minimum atomic E-state index is -0.596. The molecule has 180 valence electrons. The van der Waals surface area contributed by atoms with Gasteiger partial charge in [0, 0.05) is 49.5 Å². The SMILES string of the molecule is COc1ccc(-c2ncon2)c2[nH]cc(C(=O)C(=O)N3CCN(c4nccc5ccccc45)CC3)c12. The number of hydrogen-bond donors (Lipinski definition) is 1. The smallest absolute Gasteiger partial charge is 0.295 e. The van der Waals surface area contributed by atoms with E-state index in [9.17, 15) is 9.59 Å². The van der Waals surface area contributed by atoms with E-state index >= 15 is 0 Å². The summed E-state index contributed by atoms with van der Waals surface area (Å²) in [6.45, 7) is 2.00. The van der Waals surface area contributed by atoms with Gasteiger partial charge in [-0.25, -0.2) is 4.98 Å². The lowest BCUT2D eigenvalue weighted by atomic mass is 10.0. The molecule has 4 heterocycles. The number of amides is 1. The number of nitrogens with one attached hydrogen (secondary N) is 1. The number of fused-ring (bicyclic) bond motifs is 2. The van der Waals surface area contributed by atoms with Gasteiger partial charge in [0.25, 0.3) is 11.7 Å². The number of methoxy groups -OCH3 is 1. The van der Waals surface area contributed by atoms with E-state index in [0.29, 0.717) is 54.2 Å². The topological polar surface area (TPSA) is 117 Å². The van der Waals surface area contributed by atoms with Crippen LogP contribution in [-0.4, -0.2) is 70.0 Å². The standard InChI is InChI=1S/C26H22N6O4/c1-35-20-7-6-18(24-29-15-36-30-24)22-21(20)19(14-28-22)23(33)26(34)32-12-10-31(11-13-32)25-17-5-3-2-4-16(17)8-9-27-25/h2-9,14-15,28H,10-13H2,1H3. The zero-order valence-corrected chi connectivity index (χ0v) is 19.5. The Balaban J connectivity index is 1.25. The van der Waals surface area contributed by atoms with Gasteiger partial charge in [-0.05, 0) is 23.6 Å². The molecule has 0 radical (unpaired) electrons. The van der Waals surface area contributed by atoms with Crippen LogP contribution in [0.2, 0.25) is 0 Å². The van der Waals surface area contributed by atoms with Gasteiger partial charge < -0.3 is 24.0 Å². The number of pyridine rings is 1. The summed E-state index contributed by atoms with van der Waals surface area (Å²) in [4.78, 5) is 42.1. The monoisotopic (exact) mass is 482 g/mol. The quantitative estimate of drug-likeness (QED) is 0.300. The molecule has 1 aliphatic heterocycles. The predicted octanol–water partition coefficient (Wildman–Crippen LogP) is 3.31. The number of anilines is 1.